The predicted molar refractivity (Wildman–Crippen MR) is 95.5 cm³/mol. The molecule has 24 heavy (non-hydrogen) atoms. The molecule has 0 amide bonds. The summed E-state index contributed by atoms with van der Waals surface area (Å²) in [5.41, 5.74) is 2.07. The molecular weight excluding hydrogens is 342 g/mol. The van der Waals surface area contributed by atoms with E-state index in [2.05, 4.69) is 44.2 Å². The van der Waals surface area contributed by atoms with Gasteiger partial charge in [0.1, 0.15) is 12.3 Å². The molecule has 0 aliphatic carbocycles. The van der Waals surface area contributed by atoms with Crippen molar-refractivity contribution in [2.75, 3.05) is 19.3 Å². The minimum atomic E-state index is -0.194. The number of fused-ring (bicyclic) bond motifs is 2. The van der Waals surface area contributed by atoms with E-state index in [1.807, 2.05) is 0 Å². The quantitative estimate of drug-likeness (QED) is 0.824. The Labute approximate surface area is 150 Å². The normalized spacial score (nSPS) is 28.9. The van der Waals surface area contributed by atoms with Crippen LogP contribution in [0.15, 0.2) is 29.2 Å². The molecule has 0 saturated carbocycles. The van der Waals surface area contributed by atoms with Gasteiger partial charge in [0, 0.05) is 18.0 Å². The number of piperidine rings is 1. The number of thioether (sulfide) groups is 1. The monoisotopic (exact) mass is 363 g/mol. The molecule has 0 spiro atoms. The fourth-order valence-corrected chi connectivity index (χ4v) is 4.61. The van der Waals surface area contributed by atoms with Gasteiger partial charge in [0.15, 0.2) is 0 Å². The van der Waals surface area contributed by atoms with Crippen LogP contribution in [0.1, 0.15) is 30.1 Å². The number of aromatic nitrogens is 2. The summed E-state index contributed by atoms with van der Waals surface area (Å²) in [4.78, 5) is 3.58. The Morgan fingerprint density at radius 2 is 2.08 bits per heavy atom. The molecule has 2 saturated heterocycles. The minimum absolute atomic E-state index is 0.194. The number of rotatable bonds is 5. The Hall–Kier alpha value is -1.15. The Kier molecular flexibility index (Phi) is 4.76. The van der Waals surface area contributed by atoms with Gasteiger partial charge >= 0.3 is 0 Å². The van der Waals surface area contributed by atoms with E-state index in [0.29, 0.717) is 18.4 Å². The van der Waals surface area contributed by atoms with E-state index in [1.165, 1.54) is 16.6 Å². The van der Waals surface area contributed by atoms with E-state index >= 15 is 0 Å². The lowest BCUT2D eigenvalue weighted by Gasteiger charge is -2.30. The van der Waals surface area contributed by atoms with Crippen molar-refractivity contribution >= 4 is 23.5 Å². The minimum Gasteiger partial charge on any atom is -0.471 e. The highest BCUT2D eigenvalue weighted by molar-refractivity contribution is 7.98. The summed E-state index contributed by atoms with van der Waals surface area (Å²) >= 11 is 2.94. The Morgan fingerprint density at radius 3 is 2.88 bits per heavy atom. The molecule has 4 rings (SSSR count). The highest BCUT2D eigenvalue weighted by Gasteiger charge is 2.42. The molecule has 1 aromatic carbocycles. The molecule has 3 heterocycles. The van der Waals surface area contributed by atoms with Crippen LogP contribution in [0.3, 0.4) is 0 Å². The zero-order valence-electron chi connectivity index (χ0n) is 13.6. The first kappa shape index (κ1) is 16.3. The maximum Gasteiger partial charge on any atom is 0.251 e. The third kappa shape index (κ3) is 3.18. The first-order valence-electron chi connectivity index (χ1n) is 8.25. The highest BCUT2D eigenvalue weighted by Crippen LogP contribution is 2.41. The summed E-state index contributed by atoms with van der Waals surface area (Å²) in [6.07, 6.45) is 3.95. The lowest BCUT2D eigenvalue weighted by Crippen LogP contribution is -2.31. The second-order valence-corrected chi connectivity index (χ2v) is 7.87. The SMILES string of the molecule is CSc1ccc(COc2nsnc2C2CCC3CN2CC3O)cc1. The standard InChI is InChI=1S/C17H21N3O2S2/c1-23-13-5-2-11(3-6-13)10-22-17-16(18-24-19-17)14-7-4-12-8-20(14)9-15(12)21/h2-3,5-6,12,14-15,21H,4,7-10H2,1H3. The summed E-state index contributed by atoms with van der Waals surface area (Å²) in [5.74, 6) is 1.07. The van der Waals surface area contributed by atoms with Gasteiger partial charge in [-0.2, -0.15) is 4.37 Å². The number of nitrogens with zero attached hydrogens (tertiary/aromatic N) is 3. The number of aliphatic hydroxyl groups excluding tert-OH is 1. The van der Waals surface area contributed by atoms with Crippen LogP contribution in [0.2, 0.25) is 0 Å². The first-order valence-corrected chi connectivity index (χ1v) is 10.2. The van der Waals surface area contributed by atoms with Gasteiger partial charge in [0.05, 0.1) is 23.9 Å². The highest BCUT2D eigenvalue weighted by atomic mass is 32.2. The molecule has 2 aromatic rings. The molecule has 2 aliphatic heterocycles. The van der Waals surface area contributed by atoms with Gasteiger partial charge in [0.25, 0.3) is 5.88 Å². The lowest BCUT2D eigenvalue weighted by molar-refractivity contribution is 0.144. The molecule has 7 heteroatoms. The van der Waals surface area contributed by atoms with E-state index < -0.39 is 0 Å². The molecule has 2 bridgehead atoms. The first-order chi connectivity index (χ1) is 11.7. The third-order valence-electron chi connectivity index (χ3n) is 5.02. The molecular formula is C17H21N3O2S2. The van der Waals surface area contributed by atoms with Gasteiger partial charge in [-0.25, -0.2) is 0 Å². The summed E-state index contributed by atoms with van der Waals surface area (Å²) in [7, 11) is 0. The third-order valence-corrected chi connectivity index (χ3v) is 6.29. The molecule has 2 fully saturated rings. The Balaban J connectivity index is 1.44. The topological polar surface area (TPSA) is 58.5 Å². The van der Waals surface area contributed by atoms with Gasteiger partial charge < -0.3 is 9.84 Å². The Morgan fingerprint density at radius 1 is 1.25 bits per heavy atom. The summed E-state index contributed by atoms with van der Waals surface area (Å²) in [6.45, 7) is 2.20. The van der Waals surface area contributed by atoms with Crippen LogP contribution in [0.4, 0.5) is 0 Å². The van der Waals surface area contributed by atoms with Crippen LogP contribution in [0, 0.1) is 5.92 Å². The molecule has 1 N–H and O–H groups in total. The molecule has 2 aliphatic rings. The van der Waals surface area contributed by atoms with Gasteiger partial charge in [-0.1, -0.05) is 12.1 Å². The lowest BCUT2D eigenvalue weighted by atomic mass is 9.93. The smallest absolute Gasteiger partial charge is 0.251 e. The van der Waals surface area contributed by atoms with Crippen LogP contribution < -0.4 is 4.74 Å². The van der Waals surface area contributed by atoms with Crippen molar-refractivity contribution in [3.63, 3.8) is 0 Å². The second-order valence-electron chi connectivity index (χ2n) is 6.47. The summed E-state index contributed by atoms with van der Waals surface area (Å²) in [6, 6.07) is 8.62. The number of benzene rings is 1. The Bertz CT molecular complexity index is 689. The van der Waals surface area contributed by atoms with Crippen LogP contribution in [0.5, 0.6) is 5.88 Å². The average Bonchev–Trinajstić information content (AvgIpc) is 3.19. The number of hydrogen-bond donors (Lipinski definition) is 1. The zero-order valence-corrected chi connectivity index (χ0v) is 15.2. The fourth-order valence-electron chi connectivity index (χ4n) is 3.65. The van der Waals surface area contributed by atoms with Gasteiger partial charge in [-0.05, 0) is 42.7 Å². The van der Waals surface area contributed by atoms with Crippen molar-refractivity contribution in [3.8, 4) is 5.88 Å². The van der Waals surface area contributed by atoms with Crippen molar-refractivity contribution in [2.45, 2.75) is 36.5 Å². The van der Waals surface area contributed by atoms with Gasteiger partial charge in [0.2, 0.25) is 0 Å². The van der Waals surface area contributed by atoms with Crippen molar-refractivity contribution in [1.29, 1.82) is 0 Å². The molecule has 5 nitrogen and oxygen atoms in total. The molecule has 1 aromatic heterocycles. The predicted octanol–water partition coefficient (Wildman–Crippen LogP) is 2.97. The van der Waals surface area contributed by atoms with Crippen molar-refractivity contribution in [1.82, 2.24) is 13.6 Å². The van der Waals surface area contributed by atoms with Crippen molar-refractivity contribution < 1.29 is 9.84 Å². The second kappa shape index (κ2) is 7.00. The van der Waals surface area contributed by atoms with E-state index in [0.717, 1.165) is 37.2 Å². The van der Waals surface area contributed by atoms with Crippen LogP contribution >= 0.6 is 23.5 Å². The van der Waals surface area contributed by atoms with Crippen LogP contribution in [-0.4, -0.2) is 44.2 Å². The largest absolute Gasteiger partial charge is 0.471 e. The van der Waals surface area contributed by atoms with Crippen LogP contribution in [0.25, 0.3) is 0 Å². The molecule has 4 atom stereocenters. The molecule has 128 valence electrons. The number of ether oxygens (including phenoxy) is 1. The number of aliphatic hydroxyl groups is 1. The van der Waals surface area contributed by atoms with E-state index in [-0.39, 0.29) is 12.1 Å². The summed E-state index contributed by atoms with van der Waals surface area (Å²) < 4.78 is 14.8. The number of hydrogen-bond acceptors (Lipinski definition) is 7. The van der Waals surface area contributed by atoms with E-state index in [1.54, 1.807) is 11.8 Å². The molecule has 4 unspecified atom stereocenters. The van der Waals surface area contributed by atoms with Crippen molar-refractivity contribution in [2.24, 2.45) is 5.92 Å². The van der Waals surface area contributed by atoms with Gasteiger partial charge in [-0.15, -0.1) is 16.1 Å². The zero-order chi connectivity index (χ0) is 16.5. The van der Waals surface area contributed by atoms with Crippen molar-refractivity contribution in [3.05, 3.63) is 35.5 Å². The summed E-state index contributed by atoms with van der Waals surface area (Å²) in [5, 5.41) is 10.1. The molecule has 0 radical (unpaired) electrons. The maximum absolute atomic E-state index is 10.1. The van der Waals surface area contributed by atoms with E-state index in [4.69, 9.17) is 4.74 Å². The van der Waals surface area contributed by atoms with Gasteiger partial charge in [-0.3, -0.25) is 4.90 Å². The fraction of sp³-hybridized carbons (Fsp3) is 0.529. The van der Waals surface area contributed by atoms with E-state index in [9.17, 15) is 5.11 Å². The average molecular weight is 364 g/mol. The van der Waals surface area contributed by atoms with Crippen LogP contribution in [-0.2, 0) is 6.61 Å². The maximum atomic E-state index is 10.1.